The van der Waals surface area contributed by atoms with Gasteiger partial charge in [0.05, 0.1) is 10.6 Å². The molecule has 0 saturated heterocycles. The van der Waals surface area contributed by atoms with Crippen LogP contribution in [0.15, 0.2) is 47.4 Å². The van der Waals surface area contributed by atoms with E-state index in [1.165, 1.54) is 4.31 Å². The van der Waals surface area contributed by atoms with Crippen molar-refractivity contribution in [3.05, 3.63) is 57.2 Å². The summed E-state index contributed by atoms with van der Waals surface area (Å²) in [5, 5.41) is 8.86. The van der Waals surface area contributed by atoms with Gasteiger partial charge in [-0.05, 0) is 64.8 Å². The topological polar surface area (TPSA) is 74.7 Å². The van der Waals surface area contributed by atoms with Gasteiger partial charge in [-0.1, -0.05) is 30.7 Å². The number of anilines is 1. The van der Waals surface area contributed by atoms with E-state index in [-0.39, 0.29) is 12.3 Å². The van der Waals surface area contributed by atoms with Crippen molar-refractivity contribution in [1.82, 2.24) is 0 Å². The van der Waals surface area contributed by atoms with Gasteiger partial charge in [-0.25, -0.2) is 8.42 Å². The van der Waals surface area contributed by atoms with E-state index in [4.69, 9.17) is 5.11 Å². The molecule has 26 heavy (non-hydrogen) atoms. The second kappa shape index (κ2) is 7.56. The highest BCUT2D eigenvalue weighted by molar-refractivity contribution is 14.1. The van der Waals surface area contributed by atoms with Crippen LogP contribution in [0.4, 0.5) is 5.69 Å². The average molecular weight is 485 g/mol. The Labute approximate surface area is 167 Å². The summed E-state index contributed by atoms with van der Waals surface area (Å²) in [5.74, 6) is -0.879. The number of para-hydroxylation sites is 1. The minimum absolute atomic E-state index is 0.0771. The number of halogens is 1. The molecule has 1 atom stereocenters. The fraction of sp³-hybridized carbons (Fsp3) is 0.316. The van der Waals surface area contributed by atoms with E-state index < -0.39 is 16.0 Å². The molecule has 7 heteroatoms. The molecule has 5 nitrogen and oxygen atoms in total. The summed E-state index contributed by atoms with van der Waals surface area (Å²) < 4.78 is 28.5. The number of carbonyl (C=O) groups is 1. The van der Waals surface area contributed by atoms with E-state index >= 15 is 0 Å². The molecule has 0 saturated carbocycles. The van der Waals surface area contributed by atoms with Crippen molar-refractivity contribution in [2.24, 2.45) is 0 Å². The molecule has 1 unspecified atom stereocenters. The maximum Gasteiger partial charge on any atom is 0.303 e. The lowest BCUT2D eigenvalue weighted by Crippen LogP contribution is -2.26. The van der Waals surface area contributed by atoms with Crippen LogP contribution < -0.4 is 4.31 Å². The van der Waals surface area contributed by atoms with E-state index in [9.17, 15) is 13.2 Å². The number of sulfonamides is 1. The van der Waals surface area contributed by atoms with Gasteiger partial charge in [0.15, 0.2) is 0 Å². The van der Waals surface area contributed by atoms with Gasteiger partial charge in [-0.3, -0.25) is 9.10 Å². The monoisotopic (exact) mass is 485 g/mol. The first-order chi connectivity index (χ1) is 12.3. The Bertz CT molecular complexity index is 942. The normalized spacial score (nSPS) is 17.9. The average Bonchev–Trinajstić information content (AvgIpc) is 2.67. The van der Waals surface area contributed by atoms with Crippen molar-refractivity contribution < 1.29 is 18.3 Å². The van der Waals surface area contributed by atoms with Crippen molar-refractivity contribution in [2.75, 3.05) is 11.4 Å². The zero-order chi connectivity index (χ0) is 18.9. The van der Waals surface area contributed by atoms with Crippen molar-refractivity contribution in [3.63, 3.8) is 0 Å². The van der Waals surface area contributed by atoms with Gasteiger partial charge in [0, 0.05) is 23.0 Å². The minimum atomic E-state index is -3.64. The third-order valence-electron chi connectivity index (χ3n) is 4.77. The van der Waals surface area contributed by atoms with Crippen molar-refractivity contribution in [2.45, 2.75) is 36.5 Å². The zero-order valence-corrected chi connectivity index (χ0v) is 17.3. The summed E-state index contributed by atoms with van der Waals surface area (Å²) in [5.41, 5.74) is 2.44. The number of unbranched alkanes of at least 4 members (excludes halogenated alkanes) is 1. The van der Waals surface area contributed by atoms with Gasteiger partial charge in [-0.2, -0.15) is 0 Å². The molecule has 0 fully saturated rings. The molecule has 1 aliphatic heterocycles. The molecule has 0 aromatic heterocycles. The van der Waals surface area contributed by atoms with E-state index in [0.29, 0.717) is 23.4 Å². The summed E-state index contributed by atoms with van der Waals surface area (Å²) >= 11 is 2.12. The summed E-state index contributed by atoms with van der Waals surface area (Å²) in [4.78, 5) is 11.1. The number of carboxylic acid groups (broad SMARTS) is 1. The van der Waals surface area contributed by atoms with Gasteiger partial charge in [0.2, 0.25) is 0 Å². The van der Waals surface area contributed by atoms with Crippen molar-refractivity contribution in [3.8, 4) is 0 Å². The minimum Gasteiger partial charge on any atom is -0.481 e. The van der Waals surface area contributed by atoms with E-state index in [0.717, 1.165) is 21.1 Å². The highest BCUT2D eigenvalue weighted by Gasteiger charge is 2.34. The Kier molecular flexibility index (Phi) is 5.57. The number of hydrogen-bond donors (Lipinski definition) is 1. The number of fused-ring (bicyclic) bond motifs is 2. The van der Waals surface area contributed by atoms with Crippen LogP contribution in [-0.2, 0) is 14.8 Å². The molecular weight excluding hydrogens is 465 g/mol. The molecule has 1 heterocycles. The Morgan fingerprint density at radius 1 is 1.15 bits per heavy atom. The Hall–Kier alpha value is -1.61. The number of benzene rings is 2. The van der Waals surface area contributed by atoms with E-state index in [1.54, 1.807) is 13.1 Å². The zero-order valence-electron chi connectivity index (χ0n) is 14.4. The second-order valence-corrected chi connectivity index (χ2v) is 9.59. The lowest BCUT2D eigenvalue weighted by molar-refractivity contribution is -0.137. The summed E-state index contributed by atoms with van der Waals surface area (Å²) in [6, 6.07) is 13.1. The van der Waals surface area contributed by atoms with Crippen LogP contribution in [0, 0.1) is 3.57 Å². The van der Waals surface area contributed by atoms with Crippen molar-refractivity contribution >= 4 is 44.3 Å². The van der Waals surface area contributed by atoms with Crippen LogP contribution in [0.25, 0.3) is 0 Å². The lowest BCUT2D eigenvalue weighted by atomic mass is 9.86. The van der Waals surface area contributed by atoms with Crippen LogP contribution >= 0.6 is 22.6 Å². The summed E-state index contributed by atoms with van der Waals surface area (Å²) in [7, 11) is -2.05. The maximum atomic E-state index is 13.1. The fourth-order valence-electron chi connectivity index (χ4n) is 3.47. The Morgan fingerprint density at radius 2 is 1.88 bits per heavy atom. The number of aliphatic carboxylic acids is 1. The fourth-order valence-corrected chi connectivity index (χ4v) is 5.68. The highest BCUT2D eigenvalue weighted by atomic mass is 127. The molecule has 0 bridgehead atoms. The lowest BCUT2D eigenvalue weighted by Gasteiger charge is -2.21. The molecule has 2 aromatic carbocycles. The third-order valence-corrected chi connectivity index (χ3v) is 7.27. The molecule has 3 rings (SSSR count). The molecule has 2 aromatic rings. The van der Waals surface area contributed by atoms with Crippen LogP contribution in [0.3, 0.4) is 0 Å². The number of nitrogens with zero attached hydrogens (tertiary/aromatic N) is 1. The molecule has 0 aliphatic carbocycles. The molecule has 0 spiro atoms. The Balaban J connectivity index is 2.11. The first kappa shape index (κ1) is 19.2. The molecule has 138 valence electrons. The molecule has 1 N–H and O–H groups in total. The first-order valence-electron chi connectivity index (χ1n) is 8.41. The van der Waals surface area contributed by atoms with Crippen LogP contribution in [0.2, 0.25) is 0 Å². The SMILES string of the molecule is CN1c2ccccc2C(CCCCC(=O)O)c2ccc(I)cc2S1(=O)=O. The number of rotatable bonds is 5. The Morgan fingerprint density at radius 3 is 2.62 bits per heavy atom. The number of carboxylic acids is 1. The predicted molar refractivity (Wildman–Crippen MR) is 109 cm³/mol. The van der Waals surface area contributed by atoms with Gasteiger partial charge in [0.25, 0.3) is 10.0 Å². The van der Waals surface area contributed by atoms with Gasteiger partial charge in [-0.15, -0.1) is 0 Å². The molecule has 0 amide bonds. The third kappa shape index (κ3) is 3.59. The molecule has 1 aliphatic rings. The van der Waals surface area contributed by atoms with Crippen LogP contribution in [0.1, 0.15) is 42.7 Å². The quantitative estimate of drug-likeness (QED) is 0.509. The first-order valence-corrected chi connectivity index (χ1v) is 10.9. The second-order valence-electron chi connectivity index (χ2n) is 6.41. The summed E-state index contributed by atoms with van der Waals surface area (Å²) in [6.45, 7) is 0. The molecular formula is C19H20INO4S. The van der Waals surface area contributed by atoms with E-state index in [2.05, 4.69) is 22.6 Å². The van der Waals surface area contributed by atoms with Crippen LogP contribution in [-0.4, -0.2) is 26.5 Å². The molecule has 0 radical (unpaired) electrons. The maximum absolute atomic E-state index is 13.1. The van der Waals surface area contributed by atoms with Gasteiger partial charge < -0.3 is 5.11 Å². The van der Waals surface area contributed by atoms with Crippen molar-refractivity contribution in [1.29, 1.82) is 0 Å². The van der Waals surface area contributed by atoms with Gasteiger partial charge in [0.1, 0.15) is 0 Å². The standard InChI is InChI=1S/C19H20INO4S/c1-21-17-8-4-2-7-15(17)14(6-3-5-9-19(22)23)16-11-10-13(20)12-18(16)26(21,24)25/h2,4,7-8,10-12,14H,3,5-6,9H2,1H3,(H,22,23). The largest absolute Gasteiger partial charge is 0.481 e. The van der Waals surface area contributed by atoms with Gasteiger partial charge >= 0.3 is 5.97 Å². The smallest absolute Gasteiger partial charge is 0.303 e. The van der Waals surface area contributed by atoms with E-state index in [1.807, 2.05) is 36.4 Å². The van der Waals surface area contributed by atoms with Crippen LogP contribution in [0.5, 0.6) is 0 Å². The number of hydrogen-bond acceptors (Lipinski definition) is 3. The highest BCUT2D eigenvalue weighted by Crippen LogP contribution is 2.43. The summed E-state index contributed by atoms with van der Waals surface area (Å²) in [6.07, 6.45) is 2.14. The predicted octanol–water partition coefficient (Wildman–Crippen LogP) is 4.21.